The fraction of sp³-hybridized carbons (Fsp3) is 0.250. The molecule has 2 aromatic carbocycles. The van der Waals surface area contributed by atoms with Gasteiger partial charge in [-0.15, -0.1) is 11.3 Å². The van der Waals surface area contributed by atoms with Gasteiger partial charge in [-0.2, -0.15) is 0 Å². The summed E-state index contributed by atoms with van der Waals surface area (Å²) in [5.41, 5.74) is 2.06. The number of anilines is 1. The minimum Gasteiger partial charge on any atom is -0.379 e. The third-order valence-electron chi connectivity index (χ3n) is 4.66. The topological polar surface area (TPSA) is 62.3 Å². The molecule has 1 saturated heterocycles. The summed E-state index contributed by atoms with van der Waals surface area (Å²) >= 11 is 7.69. The highest BCUT2D eigenvalue weighted by molar-refractivity contribution is 7.90. The molecular weight excluding hydrogens is 414 g/mol. The van der Waals surface area contributed by atoms with Crippen LogP contribution in [0.4, 0.5) is 5.69 Å². The van der Waals surface area contributed by atoms with Crippen molar-refractivity contribution >= 4 is 38.5 Å². The summed E-state index contributed by atoms with van der Waals surface area (Å²) in [7, 11) is -3.46. The van der Waals surface area contributed by atoms with Crippen LogP contribution in [0.5, 0.6) is 0 Å². The van der Waals surface area contributed by atoms with Gasteiger partial charge in [0.25, 0.3) is 0 Å². The van der Waals surface area contributed by atoms with Gasteiger partial charge >= 0.3 is 0 Å². The van der Waals surface area contributed by atoms with Gasteiger partial charge in [0.2, 0.25) is 0 Å². The summed E-state index contributed by atoms with van der Waals surface area (Å²) in [4.78, 5) is 6.63. The Morgan fingerprint density at radius 3 is 2.64 bits per heavy atom. The zero-order valence-corrected chi connectivity index (χ0v) is 17.5. The minimum atomic E-state index is -3.46. The molecule has 0 atom stereocenters. The van der Waals surface area contributed by atoms with E-state index in [1.165, 1.54) is 23.0 Å². The van der Waals surface area contributed by atoms with Crippen LogP contribution in [0.3, 0.4) is 0 Å². The molecule has 0 spiro atoms. The molecule has 0 saturated carbocycles. The van der Waals surface area contributed by atoms with Gasteiger partial charge in [0, 0.05) is 31.2 Å². The van der Waals surface area contributed by atoms with Crippen LogP contribution in [-0.2, 0) is 22.1 Å². The second kappa shape index (κ2) is 8.21. The van der Waals surface area contributed by atoms with Crippen molar-refractivity contribution in [1.82, 2.24) is 9.88 Å². The summed E-state index contributed by atoms with van der Waals surface area (Å²) in [6, 6.07) is 15.6. The maximum Gasteiger partial charge on any atom is 0.184 e. The van der Waals surface area contributed by atoms with E-state index in [1.54, 1.807) is 23.7 Å². The van der Waals surface area contributed by atoms with Gasteiger partial charge in [0.05, 0.1) is 21.6 Å². The minimum absolute atomic E-state index is 0.106. The standard InChI is InChI=1S/C20H20ClN3O2S2/c21-18-10-17(28(25,26)14-20-22-8-9-27-20)6-7-19(18)23-16-12-24(13-16)11-15-4-2-1-3-5-15/h1-10,16,23H,11-14H2. The molecule has 5 nitrogen and oxygen atoms in total. The number of likely N-dealkylation sites (tertiary alicyclic amines) is 1. The van der Waals surface area contributed by atoms with E-state index in [2.05, 4.69) is 39.5 Å². The number of benzene rings is 2. The normalized spacial score (nSPS) is 15.3. The van der Waals surface area contributed by atoms with E-state index < -0.39 is 9.84 Å². The zero-order chi connectivity index (χ0) is 19.6. The first-order valence-electron chi connectivity index (χ1n) is 8.93. The number of aromatic nitrogens is 1. The van der Waals surface area contributed by atoms with Gasteiger partial charge in [-0.1, -0.05) is 41.9 Å². The number of thiazole rings is 1. The van der Waals surface area contributed by atoms with Gasteiger partial charge in [-0.05, 0) is 23.8 Å². The molecule has 0 radical (unpaired) electrons. The van der Waals surface area contributed by atoms with Crippen molar-refractivity contribution in [2.45, 2.75) is 23.2 Å². The van der Waals surface area contributed by atoms with E-state index in [9.17, 15) is 8.42 Å². The van der Waals surface area contributed by atoms with E-state index in [0.29, 0.717) is 16.1 Å². The van der Waals surface area contributed by atoms with Gasteiger partial charge < -0.3 is 5.32 Å². The largest absolute Gasteiger partial charge is 0.379 e. The molecule has 146 valence electrons. The number of rotatable bonds is 7. The van der Waals surface area contributed by atoms with Crippen molar-refractivity contribution in [3.05, 3.63) is 75.7 Å². The Bertz CT molecular complexity index is 1030. The number of hydrogen-bond donors (Lipinski definition) is 1. The highest BCUT2D eigenvalue weighted by Gasteiger charge is 2.27. The predicted octanol–water partition coefficient (Wildman–Crippen LogP) is 4.07. The lowest BCUT2D eigenvalue weighted by molar-refractivity contribution is 0.153. The summed E-state index contributed by atoms with van der Waals surface area (Å²) in [6.45, 7) is 2.78. The van der Waals surface area contributed by atoms with Crippen molar-refractivity contribution in [3.8, 4) is 0 Å². The summed E-state index contributed by atoms with van der Waals surface area (Å²) in [5, 5.41) is 6.17. The lowest BCUT2D eigenvalue weighted by Crippen LogP contribution is -2.54. The van der Waals surface area contributed by atoms with E-state index in [1.807, 2.05) is 6.07 Å². The van der Waals surface area contributed by atoms with Crippen LogP contribution in [-0.4, -0.2) is 37.4 Å². The maximum absolute atomic E-state index is 12.6. The van der Waals surface area contributed by atoms with Crippen molar-refractivity contribution < 1.29 is 8.42 Å². The van der Waals surface area contributed by atoms with Gasteiger partial charge in [-0.3, -0.25) is 4.90 Å². The number of sulfone groups is 1. The molecule has 0 amide bonds. The molecule has 0 bridgehead atoms. The smallest absolute Gasteiger partial charge is 0.184 e. The quantitative estimate of drug-likeness (QED) is 0.608. The van der Waals surface area contributed by atoms with Crippen LogP contribution in [0.25, 0.3) is 0 Å². The first kappa shape index (κ1) is 19.4. The van der Waals surface area contributed by atoms with Crippen molar-refractivity contribution in [3.63, 3.8) is 0 Å². The number of nitrogens with zero attached hydrogens (tertiary/aromatic N) is 2. The second-order valence-corrected chi connectivity index (χ2v) is 10.2. The Morgan fingerprint density at radius 2 is 1.96 bits per heavy atom. The van der Waals surface area contributed by atoms with Crippen molar-refractivity contribution in [1.29, 1.82) is 0 Å². The van der Waals surface area contributed by atoms with E-state index in [0.717, 1.165) is 25.3 Å². The van der Waals surface area contributed by atoms with Crippen LogP contribution in [0.15, 0.2) is 65.0 Å². The van der Waals surface area contributed by atoms with E-state index in [-0.39, 0.29) is 10.6 Å². The molecule has 1 N–H and O–H groups in total. The molecule has 2 heterocycles. The third-order valence-corrected chi connectivity index (χ3v) is 7.56. The van der Waals surface area contributed by atoms with Crippen LogP contribution in [0.2, 0.25) is 5.02 Å². The monoisotopic (exact) mass is 433 g/mol. The SMILES string of the molecule is O=S(=O)(Cc1nccs1)c1ccc(NC2CN(Cc3ccccc3)C2)c(Cl)c1. The molecule has 28 heavy (non-hydrogen) atoms. The highest BCUT2D eigenvalue weighted by Crippen LogP contribution is 2.29. The molecule has 3 aromatic rings. The second-order valence-electron chi connectivity index (χ2n) is 6.85. The van der Waals surface area contributed by atoms with Gasteiger partial charge in [-0.25, -0.2) is 13.4 Å². The predicted molar refractivity (Wildman–Crippen MR) is 114 cm³/mol. The molecule has 1 aromatic heterocycles. The maximum atomic E-state index is 12.6. The Labute approximate surface area is 173 Å². The number of halogens is 1. The Balaban J connectivity index is 1.35. The Hall–Kier alpha value is -1.93. The average molecular weight is 434 g/mol. The number of hydrogen-bond acceptors (Lipinski definition) is 6. The van der Waals surface area contributed by atoms with Crippen molar-refractivity contribution in [2.75, 3.05) is 18.4 Å². The van der Waals surface area contributed by atoms with Crippen LogP contribution in [0.1, 0.15) is 10.6 Å². The van der Waals surface area contributed by atoms with Crippen LogP contribution < -0.4 is 5.32 Å². The Kier molecular flexibility index (Phi) is 5.68. The fourth-order valence-corrected chi connectivity index (χ4v) is 5.81. The first-order chi connectivity index (χ1) is 13.5. The molecule has 1 fully saturated rings. The van der Waals surface area contributed by atoms with E-state index >= 15 is 0 Å². The van der Waals surface area contributed by atoms with Gasteiger partial charge in [0.15, 0.2) is 9.84 Å². The molecule has 4 rings (SSSR count). The number of nitrogens with one attached hydrogen (secondary N) is 1. The highest BCUT2D eigenvalue weighted by atomic mass is 35.5. The summed E-state index contributed by atoms with van der Waals surface area (Å²) in [6.07, 6.45) is 1.61. The van der Waals surface area contributed by atoms with Crippen LogP contribution in [0, 0.1) is 0 Å². The van der Waals surface area contributed by atoms with E-state index in [4.69, 9.17) is 11.6 Å². The summed E-state index contributed by atoms with van der Waals surface area (Å²) < 4.78 is 25.1. The molecule has 1 aliphatic heterocycles. The molecular formula is C20H20ClN3O2S2. The molecule has 8 heteroatoms. The average Bonchev–Trinajstić information content (AvgIpc) is 3.14. The first-order valence-corrected chi connectivity index (χ1v) is 11.8. The molecule has 0 aliphatic carbocycles. The lowest BCUT2D eigenvalue weighted by Gasteiger charge is -2.40. The van der Waals surface area contributed by atoms with Crippen molar-refractivity contribution in [2.24, 2.45) is 0 Å². The fourth-order valence-electron chi connectivity index (χ4n) is 3.23. The van der Waals surface area contributed by atoms with Gasteiger partial charge in [0.1, 0.15) is 10.8 Å². The zero-order valence-electron chi connectivity index (χ0n) is 15.1. The molecule has 0 unspecified atom stereocenters. The Morgan fingerprint density at radius 1 is 1.18 bits per heavy atom. The lowest BCUT2D eigenvalue weighted by atomic mass is 10.1. The third kappa shape index (κ3) is 4.55. The summed E-state index contributed by atoms with van der Waals surface area (Å²) in [5.74, 6) is -0.106. The molecule has 1 aliphatic rings. The van der Waals surface area contributed by atoms with Crippen LogP contribution >= 0.6 is 22.9 Å².